The highest BCUT2D eigenvalue weighted by Crippen LogP contribution is 2.34. The molecule has 0 aromatic carbocycles. The molecule has 1 N–H and O–H groups in total. The molecule has 0 unspecified atom stereocenters. The third-order valence-corrected chi connectivity index (χ3v) is 4.58. The molecule has 2 aliphatic rings. The van der Waals surface area contributed by atoms with Crippen molar-refractivity contribution in [3.05, 3.63) is 39.3 Å². The lowest BCUT2D eigenvalue weighted by Gasteiger charge is -2.18. The molecule has 0 fully saturated rings. The Kier molecular flexibility index (Phi) is 3.07. The molecule has 4 heterocycles. The van der Waals surface area contributed by atoms with Gasteiger partial charge in [0, 0.05) is 11.4 Å². The number of furan rings is 1. The highest BCUT2D eigenvalue weighted by Gasteiger charge is 2.33. The maximum Gasteiger partial charge on any atom is 0.255 e. The summed E-state index contributed by atoms with van der Waals surface area (Å²) in [5.74, 6) is 1.67. The number of aryl methyl sites for hydroxylation is 1. The maximum absolute atomic E-state index is 12.6. The second-order valence-electron chi connectivity index (χ2n) is 5.12. The van der Waals surface area contributed by atoms with Crippen LogP contribution in [0.3, 0.4) is 0 Å². The summed E-state index contributed by atoms with van der Waals surface area (Å²) in [6.45, 7) is 3.79. The number of carbonyl (C=O) groups excluding carboxylic acids is 1. The van der Waals surface area contributed by atoms with Crippen LogP contribution in [0.15, 0.2) is 31.9 Å². The van der Waals surface area contributed by atoms with Crippen LogP contribution in [0.4, 0.5) is 5.88 Å². The van der Waals surface area contributed by atoms with Gasteiger partial charge in [0.25, 0.3) is 5.91 Å². The van der Waals surface area contributed by atoms with Crippen LogP contribution in [0.1, 0.15) is 26.6 Å². The fourth-order valence-corrected chi connectivity index (χ4v) is 3.33. The van der Waals surface area contributed by atoms with E-state index in [-0.39, 0.29) is 5.91 Å². The smallest absolute Gasteiger partial charge is 0.255 e. The van der Waals surface area contributed by atoms with Crippen LogP contribution in [0.25, 0.3) is 0 Å². The van der Waals surface area contributed by atoms with E-state index in [0.29, 0.717) is 35.9 Å². The first-order chi connectivity index (χ1) is 10.7. The molecular formula is C15H14N4O2S. The Morgan fingerprint density at radius 3 is 3.27 bits per heavy atom. The molecule has 112 valence electrons. The number of thiophene rings is 1. The van der Waals surface area contributed by atoms with E-state index in [9.17, 15) is 4.79 Å². The highest BCUT2D eigenvalue weighted by molar-refractivity contribution is 7.09. The molecule has 1 amide bonds. The van der Waals surface area contributed by atoms with Gasteiger partial charge in [0.2, 0.25) is 5.88 Å². The lowest BCUT2D eigenvalue weighted by molar-refractivity contribution is 0.0949. The molecule has 0 bridgehead atoms. The van der Waals surface area contributed by atoms with Gasteiger partial charge < -0.3 is 14.6 Å². The van der Waals surface area contributed by atoms with Crippen LogP contribution in [0.5, 0.6) is 0 Å². The second kappa shape index (κ2) is 5.10. The SMILES string of the molecule is Cc1oc2c(c1C(=O)NCc1cccs1)C1=NCCN1C=N2. The van der Waals surface area contributed by atoms with E-state index < -0.39 is 0 Å². The maximum atomic E-state index is 12.6. The molecule has 0 saturated heterocycles. The summed E-state index contributed by atoms with van der Waals surface area (Å²) in [4.78, 5) is 24.4. The summed E-state index contributed by atoms with van der Waals surface area (Å²) >= 11 is 1.62. The van der Waals surface area contributed by atoms with Crippen molar-refractivity contribution in [2.45, 2.75) is 13.5 Å². The average molecular weight is 314 g/mol. The van der Waals surface area contributed by atoms with E-state index in [2.05, 4.69) is 15.3 Å². The van der Waals surface area contributed by atoms with Crippen LogP contribution < -0.4 is 5.32 Å². The van der Waals surface area contributed by atoms with Crippen LogP contribution in [-0.4, -0.2) is 36.1 Å². The molecule has 4 rings (SSSR count). The van der Waals surface area contributed by atoms with Gasteiger partial charge in [-0.1, -0.05) is 6.07 Å². The molecule has 7 heteroatoms. The van der Waals surface area contributed by atoms with Gasteiger partial charge in [-0.25, -0.2) is 4.99 Å². The molecule has 0 atom stereocenters. The monoisotopic (exact) mass is 314 g/mol. The summed E-state index contributed by atoms with van der Waals surface area (Å²) in [6, 6.07) is 3.96. The third kappa shape index (κ3) is 2.05. The standard InChI is InChI=1S/C15H14N4O2S/c1-9-11(14(20)17-7-10-3-2-6-22-10)12-13-16-4-5-19(13)8-18-15(12)21-9/h2-3,6,8H,4-5,7H2,1H3,(H,17,20). The van der Waals surface area contributed by atoms with Crippen LogP contribution in [-0.2, 0) is 6.54 Å². The first-order valence-corrected chi connectivity index (χ1v) is 7.91. The fourth-order valence-electron chi connectivity index (χ4n) is 2.69. The van der Waals surface area contributed by atoms with Gasteiger partial charge in [0.15, 0.2) is 0 Å². The van der Waals surface area contributed by atoms with Crippen molar-refractivity contribution in [2.24, 2.45) is 9.98 Å². The third-order valence-electron chi connectivity index (χ3n) is 3.71. The number of amidine groups is 1. The summed E-state index contributed by atoms with van der Waals surface area (Å²) in [5, 5.41) is 4.94. The minimum absolute atomic E-state index is 0.150. The van der Waals surface area contributed by atoms with Crippen molar-refractivity contribution < 1.29 is 9.21 Å². The van der Waals surface area contributed by atoms with Gasteiger partial charge in [-0.05, 0) is 18.4 Å². The van der Waals surface area contributed by atoms with Gasteiger partial charge in [0.1, 0.15) is 17.9 Å². The van der Waals surface area contributed by atoms with E-state index in [4.69, 9.17) is 4.42 Å². The van der Waals surface area contributed by atoms with Gasteiger partial charge >= 0.3 is 0 Å². The van der Waals surface area contributed by atoms with Gasteiger partial charge in [-0.2, -0.15) is 0 Å². The minimum atomic E-state index is -0.150. The molecule has 2 aliphatic heterocycles. The number of aliphatic imine (C=N–C) groups is 2. The molecule has 0 spiro atoms. The van der Waals surface area contributed by atoms with Crippen molar-refractivity contribution in [3.63, 3.8) is 0 Å². The Hall–Kier alpha value is -2.41. The Bertz CT molecular complexity index is 789. The highest BCUT2D eigenvalue weighted by atomic mass is 32.1. The topological polar surface area (TPSA) is 70.2 Å². The Morgan fingerprint density at radius 1 is 1.55 bits per heavy atom. The van der Waals surface area contributed by atoms with E-state index in [0.717, 1.165) is 17.3 Å². The zero-order chi connectivity index (χ0) is 15.1. The molecular weight excluding hydrogens is 300 g/mol. The van der Waals surface area contributed by atoms with Crippen LogP contribution in [0.2, 0.25) is 0 Å². The minimum Gasteiger partial charge on any atom is -0.442 e. The Balaban J connectivity index is 1.66. The van der Waals surface area contributed by atoms with Crippen molar-refractivity contribution in [2.75, 3.05) is 13.1 Å². The number of nitrogens with zero attached hydrogens (tertiary/aromatic N) is 3. The van der Waals surface area contributed by atoms with Gasteiger partial charge in [0.05, 0.1) is 24.2 Å². The zero-order valence-corrected chi connectivity index (χ0v) is 12.8. The van der Waals surface area contributed by atoms with E-state index in [1.165, 1.54) is 0 Å². The van der Waals surface area contributed by atoms with Crippen LogP contribution >= 0.6 is 11.3 Å². The molecule has 0 aliphatic carbocycles. The number of fused-ring (bicyclic) bond motifs is 3. The molecule has 2 aromatic rings. The number of hydrogen-bond acceptors (Lipinski definition) is 6. The van der Waals surface area contributed by atoms with Crippen molar-refractivity contribution in [3.8, 4) is 0 Å². The summed E-state index contributed by atoms with van der Waals surface area (Å²) < 4.78 is 5.64. The lowest BCUT2D eigenvalue weighted by Crippen LogP contribution is -2.32. The first kappa shape index (κ1) is 13.3. The normalized spacial score (nSPS) is 15.5. The van der Waals surface area contributed by atoms with E-state index in [1.54, 1.807) is 24.6 Å². The van der Waals surface area contributed by atoms with Crippen LogP contribution in [0, 0.1) is 6.92 Å². The molecule has 2 aromatic heterocycles. The Morgan fingerprint density at radius 2 is 2.45 bits per heavy atom. The van der Waals surface area contributed by atoms with Crippen molar-refractivity contribution in [1.82, 2.24) is 10.2 Å². The van der Waals surface area contributed by atoms with E-state index >= 15 is 0 Å². The quantitative estimate of drug-likeness (QED) is 0.945. The van der Waals surface area contributed by atoms with Crippen molar-refractivity contribution in [1.29, 1.82) is 0 Å². The Labute approximate surface area is 131 Å². The predicted molar refractivity (Wildman–Crippen MR) is 85.2 cm³/mol. The number of amides is 1. The second-order valence-corrected chi connectivity index (χ2v) is 6.15. The number of rotatable bonds is 3. The number of carbonyl (C=O) groups is 1. The van der Waals surface area contributed by atoms with Gasteiger partial charge in [-0.3, -0.25) is 9.79 Å². The molecule has 0 radical (unpaired) electrons. The largest absolute Gasteiger partial charge is 0.442 e. The summed E-state index contributed by atoms with van der Waals surface area (Å²) in [6.07, 6.45) is 1.71. The molecule has 0 saturated carbocycles. The lowest BCUT2D eigenvalue weighted by atomic mass is 10.1. The summed E-state index contributed by atoms with van der Waals surface area (Å²) in [7, 11) is 0. The zero-order valence-electron chi connectivity index (χ0n) is 12.0. The fraction of sp³-hybridized carbons (Fsp3) is 0.267. The van der Waals surface area contributed by atoms with E-state index in [1.807, 2.05) is 22.4 Å². The molecule has 22 heavy (non-hydrogen) atoms. The van der Waals surface area contributed by atoms with Crippen molar-refractivity contribution >= 4 is 35.3 Å². The number of nitrogens with one attached hydrogen (secondary N) is 1. The first-order valence-electron chi connectivity index (χ1n) is 7.03. The molecule has 6 nitrogen and oxygen atoms in total. The number of hydrogen-bond donors (Lipinski definition) is 1. The predicted octanol–water partition coefficient (Wildman–Crippen LogP) is 2.32. The van der Waals surface area contributed by atoms with Gasteiger partial charge in [-0.15, -0.1) is 11.3 Å². The summed E-state index contributed by atoms with van der Waals surface area (Å²) in [5.41, 5.74) is 1.25. The average Bonchev–Trinajstić information content (AvgIpc) is 3.22.